The molecule has 1 aliphatic heterocycles. The molecule has 0 amide bonds. The molecule has 0 aliphatic carbocycles. The fraction of sp³-hybridized carbons (Fsp3) is 0.500. The van der Waals surface area contributed by atoms with Crippen molar-refractivity contribution in [3.05, 3.63) is 28.8 Å². The summed E-state index contributed by atoms with van der Waals surface area (Å²) >= 11 is 0. The van der Waals surface area contributed by atoms with Crippen LogP contribution in [0.15, 0.2) is 12.1 Å². The monoisotopic (exact) mass is 324 g/mol. The maximum absolute atomic E-state index is 11.9. The van der Waals surface area contributed by atoms with Gasteiger partial charge in [-0.15, -0.1) is 0 Å². The van der Waals surface area contributed by atoms with Gasteiger partial charge in [-0.1, -0.05) is 6.07 Å². The van der Waals surface area contributed by atoms with Gasteiger partial charge in [0.05, 0.1) is 20.8 Å². The Hall–Kier alpha value is -2.12. The molecular weight excluding hydrogens is 304 g/mol. The van der Waals surface area contributed by atoms with Crippen molar-refractivity contribution in [1.29, 1.82) is 0 Å². The molecule has 126 valence electrons. The van der Waals surface area contributed by atoms with E-state index in [9.17, 15) is 14.7 Å². The molecule has 7 heteroatoms. The van der Waals surface area contributed by atoms with Crippen molar-refractivity contribution in [3.8, 4) is 5.75 Å². The van der Waals surface area contributed by atoms with Gasteiger partial charge in [0.15, 0.2) is 6.29 Å². The molecule has 1 aliphatic rings. The Bertz CT molecular complexity index is 576. The number of rotatable bonds is 5. The van der Waals surface area contributed by atoms with Gasteiger partial charge in [-0.3, -0.25) is 0 Å². The van der Waals surface area contributed by atoms with Gasteiger partial charge in [0.25, 0.3) is 0 Å². The second kappa shape index (κ2) is 7.94. The first-order valence-corrected chi connectivity index (χ1v) is 7.33. The van der Waals surface area contributed by atoms with Crippen molar-refractivity contribution in [2.45, 2.75) is 32.2 Å². The molecule has 1 aromatic carbocycles. The van der Waals surface area contributed by atoms with Crippen LogP contribution < -0.4 is 0 Å². The lowest BCUT2D eigenvalue weighted by Gasteiger charge is -2.23. The van der Waals surface area contributed by atoms with Crippen LogP contribution in [0.3, 0.4) is 0 Å². The first-order chi connectivity index (χ1) is 11.1. The Morgan fingerprint density at radius 1 is 1.22 bits per heavy atom. The van der Waals surface area contributed by atoms with Crippen LogP contribution in [0.2, 0.25) is 0 Å². The Morgan fingerprint density at radius 2 is 1.96 bits per heavy atom. The van der Waals surface area contributed by atoms with E-state index in [4.69, 9.17) is 9.47 Å². The van der Waals surface area contributed by atoms with Crippen molar-refractivity contribution in [3.63, 3.8) is 0 Å². The molecule has 2 rings (SSSR count). The van der Waals surface area contributed by atoms with E-state index in [1.54, 1.807) is 0 Å². The number of carbonyl (C=O) groups excluding carboxylic acids is 2. The predicted octanol–water partition coefficient (Wildman–Crippen LogP) is 2.01. The molecule has 0 bridgehead atoms. The summed E-state index contributed by atoms with van der Waals surface area (Å²) in [5.74, 6) is -1.97. The third-order valence-corrected chi connectivity index (χ3v) is 3.62. The molecule has 1 saturated heterocycles. The van der Waals surface area contributed by atoms with Gasteiger partial charge < -0.3 is 24.1 Å². The lowest BCUT2D eigenvalue weighted by Crippen LogP contribution is -2.22. The molecule has 1 aromatic rings. The summed E-state index contributed by atoms with van der Waals surface area (Å²) < 4.78 is 20.3. The minimum absolute atomic E-state index is 0.0596. The molecule has 1 N–H and O–H groups in total. The van der Waals surface area contributed by atoms with Crippen molar-refractivity contribution in [2.24, 2.45) is 0 Å². The van der Waals surface area contributed by atoms with E-state index in [1.807, 2.05) is 0 Å². The molecule has 1 unspecified atom stereocenters. The zero-order valence-corrected chi connectivity index (χ0v) is 13.2. The highest BCUT2D eigenvalue weighted by Gasteiger charge is 2.24. The Kier molecular flexibility index (Phi) is 5.95. The number of esters is 2. The first kappa shape index (κ1) is 17.2. The molecule has 23 heavy (non-hydrogen) atoms. The number of aromatic hydroxyl groups is 1. The minimum Gasteiger partial charge on any atom is -0.506 e. The molecule has 1 fully saturated rings. The summed E-state index contributed by atoms with van der Waals surface area (Å²) in [6.45, 7) is 0.700. The first-order valence-electron chi connectivity index (χ1n) is 7.33. The number of benzene rings is 1. The minimum atomic E-state index is -0.753. The fourth-order valence-corrected chi connectivity index (χ4v) is 2.38. The number of phenolic OH excluding ortho intramolecular Hbond substituents is 1. The average Bonchev–Trinajstić information content (AvgIpc) is 2.59. The maximum Gasteiger partial charge on any atom is 0.342 e. The van der Waals surface area contributed by atoms with Gasteiger partial charge in [-0.2, -0.15) is 0 Å². The Balaban J connectivity index is 2.25. The van der Waals surface area contributed by atoms with Crippen LogP contribution in [0.25, 0.3) is 0 Å². The Labute approximate surface area is 134 Å². The molecular formula is C16H20O7. The van der Waals surface area contributed by atoms with Crippen LogP contribution in [0.4, 0.5) is 0 Å². The quantitative estimate of drug-likeness (QED) is 0.828. The van der Waals surface area contributed by atoms with E-state index in [-0.39, 0.29) is 24.0 Å². The number of hydrogen-bond donors (Lipinski definition) is 1. The van der Waals surface area contributed by atoms with Crippen molar-refractivity contribution < 1.29 is 33.6 Å². The molecule has 1 heterocycles. The van der Waals surface area contributed by atoms with Crippen LogP contribution in [0.1, 0.15) is 45.5 Å². The largest absolute Gasteiger partial charge is 0.506 e. The van der Waals surface area contributed by atoms with E-state index >= 15 is 0 Å². The molecule has 0 spiro atoms. The molecule has 0 radical (unpaired) electrons. The van der Waals surface area contributed by atoms with E-state index in [2.05, 4.69) is 9.47 Å². The second-order valence-electron chi connectivity index (χ2n) is 5.09. The van der Waals surface area contributed by atoms with Gasteiger partial charge in [0.2, 0.25) is 0 Å². The lowest BCUT2D eigenvalue weighted by molar-refractivity contribution is -0.169. The van der Waals surface area contributed by atoms with Gasteiger partial charge in [-0.05, 0) is 30.9 Å². The third-order valence-electron chi connectivity index (χ3n) is 3.62. The number of methoxy groups -OCH3 is 2. The van der Waals surface area contributed by atoms with E-state index in [0.717, 1.165) is 19.3 Å². The summed E-state index contributed by atoms with van der Waals surface area (Å²) in [6, 6.07) is 2.91. The molecule has 7 nitrogen and oxygen atoms in total. The third kappa shape index (κ3) is 4.00. The van der Waals surface area contributed by atoms with E-state index in [1.165, 1.54) is 26.4 Å². The van der Waals surface area contributed by atoms with Crippen LogP contribution in [0.5, 0.6) is 5.75 Å². The van der Waals surface area contributed by atoms with Crippen LogP contribution in [0, 0.1) is 0 Å². The highest BCUT2D eigenvalue weighted by Crippen LogP contribution is 2.29. The van der Waals surface area contributed by atoms with E-state index in [0.29, 0.717) is 12.2 Å². The van der Waals surface area contributed by atoms with Crippen molar-refractivity contribution >= 4 is 11.9 Å². The van der Waals surface area contributed by atoms with Crippen LogP contribution >= 0.6 is 0 Å². The summed E-state index contributed by atoms with van der Waals surface area (Å²) in [6.07, 6.45) is 2.46. The highest BCUT2D eigenvalue weighted by atomic mass is 16.7. The van der Waals surface area contributed by atoms with Gasteiger partial charge >= 0.3 is 11.9 Å². The number of carbonyl (C=O) groups is 2. The zero-order valence-electron chi connectivity index (χ0n) is 13.2. The molecule has 0 saturated carbocycles. The second-order valence-corrected chi connectivity index (χ2v) is 5.09. The molecule has 1 atom stereocenters. The molecule has 0 aromatic heterocycles. The standard InChI is InChI=1S/C16H20O7/c1-20-15(18)11-7-6-10(13(14(11)17)16(19)21-2)9-23-12-5-3-4-8-22-12/h6-7,12,17H,3-5,8-9H2,1-2H3. The summed E-state index contributed by atoms with van der Waals surface area (Å²) in [7, 11) is 2.39. The van der Waals surface area contributed by atoms with E-state index < -0.39 is 17.7 Å². The number of phenols is 1. The fourth-order valence-electron chi connectivity index (χ4n) is 2.38. The van der Waals surface area contributed by atoms with Crippen molar-refractivity contribution in [1.82, 2.24) is 0 Å². The number of hydrogen-bond acceptors (Lipinski definition) is 7. The summed E-state index contributed by atoms with van der Waals surface area (Å²) in [4.78, 5) is 23.6. The maximum atomic E-state index is 11.9. The smallest absolute Gasteiger partial charge is 0.342 e. The van der Waals surface area contributed by atoms with Gasteiger partial charge in [-0.25, -0.2) is 9.59 Å². The number of ether oxygens (including phenoxy) is 4. The Morgan fingerprint density at radius 3 is 2.57 bits per heavy atom. The predicted molar refractivity (Wildman–Crippen MR) is 79.2 cm³/mol. The van der Waals surface area contributed by atoms with Crippen molar-refractivity contribution in [2.75, 3.05) is 20.8 Å². The van der Waals surface area contributed by atoms with Gasteiger partial charge in [0, 0.05) is 6.61 Å². The van der Waals surface area contributed by atoms with Crippen LogP contribution in [-0.4, -0.2) is 44.2 Å². The average molecular weight is 324 g/mol. The topological polar surface area (TPSA) is 91.3 Å². The van der Waals surface area contributed by atoms with Crippen LogP contribution in [-0.2, 0) is 25.6 Å². The normalized spacial score (nSPS) is 17.6. The highest BCUT2D eigenvalue weighted by molar-refractivity contribution is 6.01. The SMILES string of the molecule is COC(=O)c1ccc(COC2CCCCO2)c(C(=O)OC)c1O. The lowest BCUT2D eigenvalue weighted by atomic mass is 10.0. The zero-order chi connectivity index (χ0) is 16.8. The van der Waals surface area contributed by atoms with Gasteiger partial charge in [0.1, 0.15) is 16.9 Å². The summed E-state index contributed by atoms with van der Waals surface area (Å²) in [5.41, 5.74) is 0.202. The summed E-state index contributed by atoms with van der Waals surface area (Å²) in [5, 5.41) is 10.2.